The van der Waals surface area contributed by atoms with Gasteiger partial charge in [-0.1, -0.05) is 0 Å². The molecule has 0 aromatic heterocycles. The molecule has 1 fully saturated rings. The highest BCUT2D eigenvalue weighted by molar-refractivity contribution is 5.73. The van der Waals surface area contributed by atoms with Crippen LogP contribution in [0, 0.1) is 5.92 Å². The van der Waals surface area contributed by atoms with Gasteiger partial charge in [0.1, 0.15) is 0 Å². The molecule has 0 bridgehead atoms. The summed E-state index contributed by atoms with van der Waals surface area (Å²) >= 11 is 0. The van der Waals surface area contributed by atoms with E-state index in [9.17, 15) is 4.79 Å². The third-order valence-electron chi connectivity index (χ3n) is 2.65. The van der Waals surface area contributed by atoms with Gasteiger partial charge in [-0.15, -0.1) is 0 Å². The van der Waals surface area contributed by atoms with Crippen molar-refractivity contribution in [3.05, 3.63) is 0 Å². The fraction of sp³-hybridized carbons (Fsp3) is 0.900. The topological polar surface area (TPSA) is 38.3 Å². The average Bonchev–Trinajstić information content (AvgIpc) is 2.04. The van der Waals surface area contributed by atoms with Gasteiger partial charge >= 0.3 is 5.97 Å². The molecule has 0 aliphatic carbocycles. The molecule has 0 aromatic carbocycles. The summed E-state index contributed by atoms with van der Waals surface area (Å²) in [5, 5.41) is 3.37. The minimum Gasteiger partial charge on any atom is -0.466 e. The standard InChI is InChI=1S/C10H19NO2/c1-4-13-10(12)9-6-5-7(2)11-8(9)3/h7-9,11H,4-6H2,1-3H3. The Labute approximate surface area is 79.8 Å². The Balaban J connectivity index is 2.45. The highest BCUT2D eigenvalue weighted by atomic mass is 16.5. The Bertz CT molecular complexity index is 182. The maximum atomic E-state index is 11.5. The van der Waals surface area contributed by atoms with Crippen molar-refractivity contribution in [2.24, 2.45) is 5.92 Å². The van der Waals surface area contributed by atoms with Crippen LogP contribution in [0.2, 0.25) is 0 Å². The minimum atomic E-state index is -0.0469. The summed E-state index contributed by atoms with van der Waals surface area (Å²) in [6.45, 7) is 6.54. The van der Waals surface area contributed by atoms with Crippen LogP contribution in [0.1, 0.15) is 33.6 Å². The third-order valence-corrected chi connectivity index (χ3v) is 2.65. The van der Waals surface area contributed by atoms with Gasteiger partial charge in [0, 0.05) is 12.1 Å². The molecule has 1 saturated heterocycles. The largest absolute Gasteiger partial charge is 0.466 e. The molecule has 3 nitrogen and oxygen atoms in total. The van der Waals surface area contributed by atoms with Crippen LogP contribution in [0.4, 0.5) is 0 Å². The molecule has 0 saturated carbocycles. The van der Waals surface area contributed by atoms with E-state index in [1.54, 1.807) is 0 Å². The van der Waals surface area contributed by atoms with Crippen molar-refractivity contribution in [2.75, 3.05) is 6.61 Å². The van der Waals surface area contributed by atoms with Gasteiger partial charge in [0.15, 0.2) is 0 Å². The number of carbonyl (C=O) groups is 1. The van der Waals surface area contributed by atoms with Gasteiger partial charge in [-0.2, -0.15) is 0 Å². The number of ether oxygens (including phenoxy) is 1. The number of carbonyl (C=O) groups excluding carboxylic acids is 1. The van der Waals surface area contributed by atoms with Crippen molar-refractivity contribution < 1.29 is 9.53 Å². The van der Waals surface area contributed by atoms with Gasteiger partial charge in [0.25, 0.3) is 0 Å². The summed E-state index contributed by atoms with van der Waals surface area (Å²) in [6, 6.07) is 0.781. The molecule has 0 spiro atoms. The summed E-state index contributed by atoms with van der Waals surface area (Å²) in [4.78, 5) is 11.5. The van der Waals surface area contributed by atoms with Crippen LogP contribution in [0.25, 0.3) is 0 Å². The molecule has 3 atom stereocenters. The second-order valence-electron chi connectivity index (χ2n) is 3.79. The van der Waals surface area contributed by atoms with Crippen LogP contribution in [0.15, 0.2) is 0 Å². The van der Waals surface area contributed by atoms with E-state index in [4.69, 9.17) is 4.74 Å². The normalized spacial score (nSPS) is 34.2. The molecule has 0 aromatic rings. The quantitative estimate of drug-likeness (QED) is 0.659. The van der Waals surface area contributed by atoms with E-state index in [-0.39, 0.29) is 17.9 Å². The molecule has 1 heterocycles. The molecule has 1 N–H and O–H groups in total. The first kappa shape index (κ1) is 10.5. The van der Waals surface area contributed by atoms with Gasteiger partial charge in [-0.3, -0.25) is 4.79 Å². The van der Waals surface area contributed by atoms with Crippen molar-refractivity contribution in [2.45, 2.75) is 45.7 Å². The Morgan fingerprint density at radius 2 is 2.15 bits per heavy atom. The lowest BCUT2D eigenvalue weighted by molar-refractivity contribution is -0.150. The fourth-order valence-corrected chi connectivity index (χ4v) is 1.90. The first-order chi connectivity index (χ1) is 6.15. The third kappa shape index (κ3) is 2.69. The van der Waals surface area contributed by atoms with Gasteiger partial charge in [-0.25, -0.2) is 0 Å². The van der Waals surface area contributed by atoms with E-state index in [1.807, 2.05) is 6.92 Å². The molecule has 1 aliphatic heterocycles. The first-order valence-corrected chi connectivity index (χ1v) is 5.07. The van der Waals surface area contributed by atoms with E-state index in [0.717, 1.165) is 12.8 Å². The predicted octanol–water partition coefficient (Wildman–Crippen LogP) is 1.33. The summed E-state index contributed by atoms with van der Waals surface area (Å²) < 4.78 is 5.01. The smallest absolute Gasteiger partial charge is 0.310 e. The molecule has 1 aliphatic rings. The van der Waals surface area contributed by atoms with E-state index in [1.165, 1.54) is 0 Å². The first-order valence-electron chi connectivity index (χ1n) is 5.07. The van der Waals surface area contributed by atoms with Crippen LogP contribution in [-0.2, 0) is 9.53 Å². The van der Waals surface area contributed by atoms with Crippen molar-refractivity contribution in [3.63, 3.8) is 0 Å². The summed E-state index contributed by atoms with van der Waals surface area (Å²) in [7, 11) is 0. The van der Waals surface area contributed by atoms with Crippen LogP contribution >= 0.6 is 0 Å². The van der Waals surface area contributed by atoms with Gasteiger partial charge in [0.2, 0.25) is 0 Å². The van der Waals surface area contributed by atoms with E-state index < -0.39 is 0 Å². The highest BCUT2D eigenvalue weighted by Gasteiger charge is 2.30. The molecule has 13 heavy (non-hydrogen) atoms. The molecule has 1 rings (SSSR count). The van der Waals surface area contributed by atoms with Crippen LogP contribution in [0.5, 0.6) is 0 Å². The molecule has 3 unspecified atom stereocenters. The molecule has 3 heteroatoms. The highest BCUT2D eigenvalue weighted by Crippen LogP contribution is 2.20. The maximum Gasteiger partial charge on any atom is 0.310 e. The van der Waals surface area contributed by atoms with Crippen molar-refractivity contribution in [1.82, 2.24) is 5.32 Å². The Kier molecular flexibility index (Phi) is 3.72. The van der Waals surface area contributed by atoms with Crippen molar-refractivity contribution in [1.29, 1.82) is 0 Å². The van der Waals surface area contributed by atoms with Crippen molar-refractivity contribution >= 4 is 5.97 Å². The Hall–Kier alpha value is -0.570. The number of esters is 1. The van der Waals surface area contributed by atoms with Gasteiger partial charge < -0.3 is 10.1 Å². The van der Waals surface area contributed by atoms with Crippen molar-refractivity contribution in [3.8, 4) is 0 Å². The summed E-state index contributed by atoms with van der Waals surface area (Å²) in [6.07, 6.45) is 2.02. The SMILES string of the molecule is CCOC(=O)C1CCC(C)NC1C. The van der Waals surface area contributed by atoms with Crippen LogP contribution < -0.4 is 5.32 Å². The second-order valence-corrected chi connectivity index (χ2v) is 3.79. The predicted molar refractivity (Wildman–Crippen MR) is 51.4 cm³/mol. The number of nitrogens with one attached hydrogen (secondary N) is 1. The molecule has 0 amide bonds. The van der Waals surface area contributed by atoms with Crippen LogP contribution in [-0.4, -0.2) is 24.7 Å². The molecular formula is C10H19NO2. The number of piperidine rings is 1. The van der Waals surface area contributed by atoms with E-state index in [2.05, 4.69) is 19.2 Å². The van der Waals surface area contributed by atoms with E-state index >= 15 is 0 Å². The maximum absolute atomic E-state index is 11.5. The minimum absolute atomic E-state index is 0.0469. The summed E-state index contributed by atoms with van der Waals surface area (Å²) in [5.41, 5.74) is 0. The number of rotatable bonds is 2. The lowest BCUT2D eigenvalue weighted by Crippen LogP contribution is -2.47. The zero-order valence-corrected chi connectivity index (χ0v) is 8.67. The van der Waals surface area contributed by atoms with E-state index in [0.29, 0.717) is 12.6 Å². The molecule has 0 radical (unpaired) electrons. The fourth-order valence-electron chi connectivity index (χ4n) is 1.90. The molecule has 76 valence electrons. The Morgan fingerprint density at radius 3 is 2.69 bits per heavy atom. The average molecular weight is 185 g/mol. The lowest BCUT2D eigenvalue weighted by Gasteiger charge is -2.32. The van der Waals surface area contributed by atoms with Gasteiger partial charge in [-0.05, 0) is 33.6 Å². The number of hydrogen-bond acceptors (Lipinski definition) is 3. The molecular weight excluding hydrogens is 166 g/mol. The van der Waals surface area contributed by atoms with Gasteiger partial charge in [0.05, 0.1) is 12.5 Å². The zero-order chi connectivity index (χ0) is 9.84. The van der Waals surface area contributed by atoms with Crippen LogP contribution in [0.3, 0.4) is 0 Å². The lowest BCUT2D eigenvalue weighted by atomic mass is 9.89. The monoisotopic (exact) mass is 185 g/mol. The second kappa shape index (κ2) is 4.61. The Morgan fingerprint density at radius 1 is 1.46 bits per heavy atom. The summed E-state index contributed by atoms with van der Waals surface area (Å²) in [5.74, 6) is 0.00514. The number of hydrogen-bond donors (Lipinski definition) is 1. The zero-order valence-electron chi connectivity index (χ0n) is 8.67.